The van der Waals surface area contributed by atoms with Crippen molar-refractivity contribution in [3.63, 3.8) is 0 Å². The van der Waals surface area contributed by atoms with E-state index >= 15 is 0 Å². The molecule has 0 spiro atoms. The van der Waals surface area contributed by atoms with Gasteiger partial charge in [-0.1, -0.05) is 30.3 Å². The second-order valence-corrected chi connectivity index (χ2v) is 9.78. The number of aliphatic imine (C=N–C) groups is 1. The molecule has 160 valence electrons. The number of hydrogen-bond acceptors (Lipinski definition) is 6. The number of aromatic hydroxyl groups is 1. The van der Waals surface area contributed by atoms with Crippen LogP contribution in [0.25, 0.3) is 10.8 Å². The molecule has 0 fully saturated rings. The van der Waals surface area contributed by atoms with E-state index in [1.165, 1.54) is 24.3 Å². The van der Waals surface area contributed by atoms with Gasteiger partial charge in [-0.2, -0.15) is 0 Å². The molecule has 0 aliphatic carbocycles. The Labute approximate surface area is 186 Å². The Balaban J connectivity index is 1.41. The lowest BCUT2D eigenvalue weighted by atomic mass is 10.0. The van der Waals surface area contributed by atoms with E-state index in [1.54, 1.807) is 12.1 Å². The average Bonchev–Trinajstić information content (AvgIpc) is 3.12. The number of sulfone groups is 1. The van der Waals surface area contributed by atoms with Crippen molar-refractivity contribution >= 4 is 37.8 Å². The molecule has 0 radical (unpaired) electrons. The maximum Gasteiger partial charge on any atom is 0.206 e. The van der Waals surface area contributed by atoms with Crippen molar-refractivity contribution in [2.45, 2.75) is 16.3 Å². The number of amidine groups is 1. The van der Waals surface area contributed by atoms with Crippen molar-refractivity contribution in [1.82, 2.24) is 0 Å². The molecule has 32 heavy (non-hydrogen) atoms. The summed E-state index contributed by atoms with van der Waals surface area (Å²) in [6.07, 6.45) is 0. The Morgan fingerprint density at radius 2 is 1.56 bits per heavy atom. The number of hydrogen-bond donors (Lipinski definition) is 2. The van der Waals surface area contributed by atoms with E-state index in [4.69, 9.17) is 5.73 Å². The fourth-order valence-corrected chi connectivity index (χ4v) is 5.36. The van der Waals surface area contributed by atoms with E-state index in [2.05, 4.69) is 16.0 Å². The SMILES string of the molecule is CN(Cc1ccc(S(=O)(=O)c2ccc(O)cc2)cc1)c1ccc2c3c(cccc13)C(N)=N2. The summed E-state index contributed by atoms with van der Waals surface area (Å²) in [5.74, 6) is 0.565. The molecule has 7 heteroatoms. The Bertz CT molecular complexity index is 1480. The third-order valence-corrected chi connectivity index (χ3v) is 7.51. The zero-order chi connectivity index (χ0) is 22.5. The highest BCUT2D eigenvalue weighted by Crippen LogP contribution is 2.39. The van der Waals surface area contributed by atoms with Gasteiger partial charge in [0, 0.05) is 35.6 Å². The first-order valence-corrected chi connectivity index (χ1v) is 11.6. The number of phenolic OH excluding ortho intramolecular Hbond substituents is 1. The van der Waals surface area contributed by atoms with Crippen LogP contribution in [-0.2, 0) is 16.4 Å². The molecule has 3 N–H and O–H groups in total. The van der Waals surface area contributed by atoms with Gasteiger partial charge in [0.05, 0.1) is 15.5 Å². The summed E-state index contributed by atoms with van der Waals surface area (Å²) in [7, 11) is -1.63. The summed E-state index contributed by atoms with van der Waals surface area (Å²) in [5, 5.41) is 11.5. The summed E-state index contributed by atoms with van der Waals surface area (Å²) in [6, 6.07) is 22.5. The van der Waals surface area contributed by atoms with Crippen LogP contribution in [0, 0.1) is 0 Å². The number of nitrogens with two attached hydrogens (primary N) is 1. The van der Waals surface area contributed by atoms with Crippen LogP contribution in [0.2, 0.25) is 0 Å². The second kappa shape index (κ2) is 7.39. The summed E-state index contributed by atoms with van der Waals surface area (Å²) in [4.78, 5) is 6.94. The van der Waals surface area contributed by atoms with Crippen molar-refractivity contribution in [3.8, 4) is 5.75 Å². The molecule has 0 unspecified atom stereocenters. The lowest BCUT2D eigenvalue weighted by Gasteiger charge is -2.22. The molecule has 0 saturated heterocycles. The van der Waals surface area contributed by atoms with Crippen LogP contribution in [0.4, 0.5) is 11.4 Å². The zero-order valence-electron chi connectivity index (χ0n) is 17.4. The Hall–Kier alpha value is -3.84. The standard InChI is InChI=1S/C25H21N3O3S/c1-28(23-14-13-22-24-20(23)3-2-4-21(24)25(26)27-22)15-16-5-9-18(10-6-16)32(30,31)19-11-7-17(29)8-12-19/h2-14,29H,15H2,1H3,(H2,26,27). The van der Waals surface area contributed by atoms with Gasteiger partial charge >= 0.3 is 0 Å². The van der Waals surface area contributed by atoms with Gasteiger partial charge in [-0.3, -0.25) is 0 Å². The average molecular weight is 444 g/mol. The molecule has 4 aromatic rings. The van der Waals surface area contributed by atoms with Crippen LogP contribution in [0.15, 0.2) is 93.6 Å². The highest BCUT2D eigenvalue weighted by atomic mass is 32.2. The summed E-state index contributed by atoms with van der Waals surface area (Å²) < 4.78 is 25.7. The quantitative estimate of drug-likeness (QED) is 0.478. The van der Waals surface area contributed by atoms with Crippen molar-refractivity contribution in [2.24, 2.45) is 10.7 Å². The van der Waals surface area contributed by atoms with Crippen LogP contribution in [0.1, 0.15) is 11.1 Å². The van der Waals surface area contributed by atoms with Crippen LogP contribution in [-0.4, -0.2) is 26.4 Å². The Morgan fingerprint density at radius 1 is 0.906 bits per heavy atom. The highest BCUT2D eigenvalue weighted by Gasteiger charge is 2.20. The summed E-state index contributed by atoms with van der Waals surface area (Å²) in [5.41, 5.74) is 9.94. The minimum absolute atomic E-state index is 0.0274. The Morgan fingerprint density at radius 3 is 2.25 bits per heavy atom. The van der Waals surface area contributed by atoms with E-state index in [0.717, 1.165) is 33.3 Å². The number of nitrogens with zero attached hydrogens (tertiary/aromatic N) is 2. The molecule has 1 aliphatic heterocycles. The van der Waals surface area contributed by atoms with E-state index in [1.807, 2.05) is 43.4 Å². The van der Waals surface area contributed by atoms with E-state index in [-0.39, 0.29) is 15.5 Å². The third kappa shape index (κ3) is 3.27. The topological polar surface area (TPSA) is 96.0 Å². The van der Waals surface area contributed by atoms with Gasteiger partial charge in [0.25, 0.3) is 0 Å². The van der Waals surface area contributed by atoms with Crippen molar-refractivity contribution < 1.29 is 13.5 Å². The lowest BCUT2D eigenvalue weighted by Crippen LogP contribution is -2.17. The molecule has 0 atom stereocenters. The van der Waals surface area contributed by atoms with Crippen LogP contribution >= 0.6 is 0 Å². The van der Waals surface area contributed by atoms with Crippen LogP contribution in [0.5, 0.6) is 5.75 Å². The maximum absolute atomic E-state index is 12.8. The van der Waals surface area contributed by atoms with Crippen molar-refractivity contribution in [2.75, 3.05) is 11.9 Å². The first-order valence-electron chi connectivity index (χ1n) is 10.1. The van der Waals surface area contributed by atoms with E-state index in [0.29, 0.717) is 12.4 Å². The predicted octanol–water partition coefficient (Wildman–Crippen LogP) is 4.37. The maximum atomic E-state index is 12.8. The molecule has 6 nitrogen and oxygen atoms in total. The first-order chi connectivity index (χ1) is 15.3. The fraction of sp³-hybridized carbons (Fsp3) is 0.0800. The van der Waals surface area contributed by atoms with Gasteiger partial charge in [0.2, 0.25) is 9.84 Å². The molecular weight excluding hydrogens is 422 g/mol. The molecule has 4 aromatic carbocycles. The molecule has 0 amide bonds. The summed E-state index contributed by atoms with van der Waals surface area (Å²) in [6.45, 7) is 0.606. The molecule has 5 rings (SSSR count). The monoisotopic (exact) mass is 443 g/mol. The number of anilines is 1. The number of benzene rings is 4. The van der Waals surface area contributed by atoms with Gasteiger partial charge in [-0.15, -0.1) is 0 Å². The van der Waals surface area contributed by atoms with Crippen molar-refractivity contribution in [3.05, 3.63) is 90.0 Å². The third-order valence-electron chi connectivity index (χ3n) is 5.72. The number of phenols is 1. The van der Waals surface area contributed by atoms with Gasteiger partial charge < -0.3 is 15.7 Å². The highest BCUT2D eigenvalue weighted by molar-refractivity contribution is 7.91. The summed E-state index contributed by atoms with van der Waals surface area (Å²) >= 11 is 0. The first kappa shape index (κ1) is 20.1. The van der Waals surface area contributed by atoms with Gasteiger partial charge in [-0.25, -0.2) is 13.4 Å². The smallest absolute Gasteiger partial charge is 0.206 e. The van der Waals surface area contributed by atoms with E-state index in [9.17, 15) is 13.5 Å². The minimum atomic E-state index is -3.64. The molecule has 1 heterocycles. The molecule has 0 bridgehead atoms. The molecule has 1 aliphatic rings. The second-order valence-electron chi connectivity index (χ2n) is 7.83. The Kier molecular flexibility index (Phi) is 4.64. The fourth-order valence-electron chi connectivity index (χ4n) is 4.10. The predicted molar refractivity (Wildman–Crippen MR) is 126 cm³/mol. The van der Waals surface area contributed by atoms with Gasteiger partial charge in [-0.05, 0) is 54.1 Å². The van der Waals surface area contributed by atoms with Crippen molar-refractivity contribution in [1.29, 1.82) is 0 Å². The van der Waals surface area contributed by atoms with Gasteiger partial charge in [0.15, 0.2) is 0 Å². The van der Waals surface area contributed by atoms with Crippen LogP contribution in [0.3, 0.4) is 0 Å². The molecule has 0 aromatic heterocycles. The molecule has 0 saturated carbocycles. The minimum Gasteiger partial charge on any atom is -0.508 e. The zero-order valence-corrected chi connectivity index (χ0v) is 18.2. The van der Waals surface area contributed by atoms with E-state index < -0.39 is 9.84 Å². The number of rotatable bonds is 5. The van der Waals surface area contributed by atoms with Gasteiger partial charge in [0.1, 0.15) is 11.6 Å². The largest absolute Gasteiger partial charge is 0.508 e. The van der Waals surface area contributed by atoms with Crippen LogP contribution < -0.4 is 10.6 Å². The molecular formula is C25H21N3O3S. The lowest BCUT2D eigenvalue weighted by molar-refractivity contribution is 0.475. The normalized spacial score (nSPS) is 12.7.